The number of piperidine rings is 2. The van der Waals surface area contributed by atoms with Crippen molar-refractivity contribution < 1.29 is 9.59 Å². The van der Waals surface area contributed by atoms with Gasteiger partial charge in [-0.25, -0.2) is 0 Å². The smallest absolute Gasteiger partial charge is 0.224 e. The normalized spacial score (nSPS) is 21.5. The van der Waals surface area contributed by atoms with Crippen LogP contribution >= 0.6 is 0 Å². The van der Waals surface area contributed by atoms with Gasteiger partial charge in [0.05, 0.1) is 5.92 Å². The van der Waals surface area contributed by atoms with Crippen molar-refractivity contribution in [2.75, 3.05) is 32.7 Å². The Morgan fingerprint density at radius 1 is 1.23 bits per heavy atom. The molecule has 2 aliphatic rings. The molecular weight excluding hydrogens is 334 g/mol. The third-order valence-corrected chi connectivity index (χ3v) is 5.41. The van der Waals surface area contributed by atoms with Gasteiger partial charge >= 0.3 is 0 Å². The van der Waals surface area contributed by atoms with E-state index in [1.165, 1.54) is 12.8 Å². The third kappa shape index (κ3) is 5.48. The van der Waals surface area contributed by atoms with Crippen molar-refractivity contribution in [2.24, 2.45) is 11.8 Å². The lowest BCUT2D eigenvalue weighted by Gasteiger charge is -2.32. The number of aromatic amines is 1. The highest BCUT2D eigenvalue weighted by Crippen LogP contribution is 2.21. The van der Waals surface area contributed by atoms with E-state index in [-0.39, 0.29) is 17.7 Å². The molecule has 3 rings (SSSR count). The third-order valence-electron chi connectivity index (χ3n) is 5.41. The van der Waals surface area contributed by atoms with Crippen LogP contribution in [0.4, 0.5) is 0 Å². The Morgan fingerprint density at radius 2 is 2.08 bits per heavy atom. The van der Waals surface area contributed by atoms with Gasteiger partial charge in [0.15, 0.2) is 5.82 Å². The molecule has 9 heteroatoms. The summed E-state index contributed by atoms with van der Waals surface area (Å²) in [6.07, 6.45) is 6.19. The summed E-state index contributed by atoms with van der Waals surface area (Å²) in [5.41, 5.74) is 0. The fraction of sp³-hybridized carbons (Fsp3) is 0.824. The summed E-state index contributed by atoms with van der Waals surface area (Å²) in [5, 5.41) is 19.9. The van der Waals surface area contributed by atoms with Gasteiger partial charge in [-0.3, -0.25) is 9.59 Å². The molecule has 144 valence electrons. The topological polar surface area (TPSA) is 116 Å². The predicted molar refractivity (Wildman–Crippen MR) is 95.0 cm³/mol. The summed E-state index contributed by atoms with van der Waals surface area (Å²) in [6, 6.07) is 0. The molecule has 1 atom stereocenters. The van der Waals surface area contributed by atoms with Crippen molar-refractivity contribution in [1.29, 1.82) is 0 Å². The van der Waals surface area contributed by atoms with Crippen molar-refractivity contribution in [3.8, 4) is 0 Å². The van der Waals surface area contributed by atoms with Gasteiger partial charge in [-0.05, 0) is 51.1 Å². The molecule has 0 radical (unpaired) electrons. The molecule has 0 bridgehead atoms. The van der Waals surface area contributed by atoms with E-state index in [1.807, 2.05) is 4.90 Å². The zero-order valence-electron chi connectivity index (χ0n) is 15.2. The number of H-pyrrole nitrogens is 1. The minimum absolute atomic E-state index is 0.0179. The molecule has 26 heavy (non-hydrogen) atoms. The monoisotopic (exact) mass is 363 g/mol. The van der Waals surface area contributed by atoms with Gasteiger partial charge in [-0.1, -0.05) is 5.21 Å². The lowest BCUT2D eigenvalue weighted by molar-refractivity contribution is -0.136. The van der Waals surface area contributed by atoms with Gasteiger partial charge in [0, 0.05) is 32.5 Å². The van der Waals surface area contributed by atoms with Crippen LogP contribution in [0.2, 0.25) is 0 Å². The molecule has 1 unspecified atom stereocenters. The minimum atomic E-state index is -0.114. The number of nitrogens with zero attached hydrogens (tertiary/aromatic N) is 4. The number of tetrazole rings is 1. The number of nitrogens with one attached hydrogen (secondary N) is 3. The first-order valence-corrected chi connectivity index (χ1v) is 9.71. The largest absolute Gasteiger partial charge is 0.355 e. The van der Waals surface area contributed by atoms with Crippen LogP contribution in [0.1, 0.15) is 44.3 Å². The summed E-state index contributed by atoms with van der Waals surface area (Å²) < 4.78 is 0. The summed E-state index contributed by atoms with van der Waals surface area (Å²) in [6.45, 7) is 3.93. The second-order valence-corrected chi connectivity index (χ2v) is 7.28. The zero-order chi connectivity index (χ0) is 18.2. The Balaban J connectivity index is 1.38. The molecule has 3 heterocycles. The van der Waals surface area contributed by atoms with E-state index in [4.69, 9.17) is 0 Å². The molecule has 2 aliphatic heterocycles. The Bertz CT molecular complexity index is 572. The number of hydrogen-bond acceptors (Lipinski definition) is 6. The van der Waals surface area contributed by atoms with Crippen molar-refractivity contribution in [2.45, 2.75) is 44.9 Å². The highest BCUT2D eigenvalue weighted by molar-refractivity contribution is 5.81. The molecule has 2 amide bonds. The molecule has 0 spiro atoms. The maximum atomic E-state index is 12.5. The van der Waals surface area contributed by atoms with Crippen LogP contribution in [0.3, 0.4) is 0 Å². The van der Waals surface area contributed by atoms with Crippen molar-refractivity contribution in [1.82, 2.24) is 36.2 Å². The maximum absolute atomic E-state index is 12.5. The molecule has 2 saturated heterocycles. The Labute approximate surface area is 153 Å². The van der Waals surface area contributed by atoms with Crippen LogP contribution in [-0.2, 0) is 16.0 Å². The lowest BCUT2D eigenvalue weighted by atomic mass is 9.92. The SMILES string of the molecule is O=C(NCCc1nn[nH]n1)C1CCCN(C(=O)CCC2CCNCC2)C1. The number of likely N-dealkylation sites (tertiary alicyclic amines) is 1. The predicted octanol–water partition coefficient (Wildman–Crippen LogP) is -0.123. The highest BCUT2D eigenvalue weighted by Gasteiger charge is 2.28. The van der Waals surface area contributed by atoms with Gasteiger partial charge in [0.2, 0.25) is 11.8 Å². The van der Waals surface area contributed by atoms with E-state index in [9.17, 15) is 9.59 Å². The number of aromatic nitrogens is 4. The van der Waals surface area contributed by atoms with Crippen molar-refractivity contribution in [3.05, 3.63) is 5.82 Å². The summed E-state index contributed by atoms with van der Waals surface area (Å²) >= 11 is 0. The second kappa shape index (κ2) is 9.61. The Kier molecular flexibility index (Phi) is 6.93. The van der Waals surface area contributed by atoms with Crippen LogP contribution < -0.4 is 10.6 Å². The van der Waals surface area contributed by atoms with E-state index in [0.717, 1.165) is 38.9 Å². The van der Waals surface area contributed by atoms with E-state index in [0.29, 0.717) is 37.7 Å². The summed E-state index contributed by atoms with van der Waals surface area (Å²) in [7, 11) is 0. The van der Waals surface area contributed by atoms with Crippen molar-refractivity contribution in [3.63, 3.8) is 0 Å². The van der Waals surface area contributed by atoms with Crippen LogP contribution in [-0.4, -0.2) is 70.1 Å². The molecule has 0 aliphatic carbocycles. The van der Waals surface area contributed by atoms with Gasteiger partial charge in [0.1, 0.15) is 0 Å². The van der Waals surface area contributed by atoms with Gasteiger partial charge in [-0.2, -0.15) is 5.21 Å². The van der Waals surface area contributed by atoms with Crippen LogP contribution in [0.5, 0.6) is 0 Å². The number of carbonyl (C=O) groups is 2. The molecule has 3 N–H and O–H groups in total. The standard InChI is InChI=1S/C17H29N7O2/c25-16(4-3-13-5-8-18-9-6-13)24-11-1-2-14(12-24)17(26)19-10-7-15-20-22-23-21-15/h13-14,18H,1-12H2,(H,19,26)(H,20,21,22,23). The van der Waals surface area contributed by atoms with E-state index >= 15 is 0 Å². The second-order valence-electron chi connectivity index (χ2n) is 7.28. The zero-order valence-corrected chi connectivity index (χ0v) is 15.2. The highest BCUT2D eigenvalue weighted by atomic mass is 16.2. The van der Waals surface area contributed by atoms with Crippen LogP contribution in [0.15, 0.2) is 0 Å². The van der Waals surface area contributed by atoms with Crippen molar-refractivity contribution >= 4 is 11.8 Å². The lowest BCUT2D eigenvalue weighted by Crippen LogP contribution is -2.45. The summed E-state index contributed by atoms with van der Waals surface area (Å²) in [5.74, 6) is 1.35. The van der Waals surface area contributed by atoms with E-state index in [2.05, 4.69) is 31.3 Å². The molecular formula is C17H29N7O2. The van der Waals surface area contributed by atoms with Gasteiger partial charge in [0.25, 0.3) is 0 Å². The minimum Gasteiger partial charge on any atom is -0.355 e. The maximum Gasteiger partial charge on any atom is 0.224 e. The Morgan fingerprint density at radius 3 is 2.85 bits per heavy atom. The quantitative estimate of drug-likeness (QED) is 0.622. The molecule has 0 aromatic carbocycles. The average molecular weight is 363 g/mol. The van der Waals surface area contributed by atoms with Crippen LogP contribution in [0.25, 0.3) is 0 Å². The number of amides is 2. The van der Waals surface area contributed by atoms with Crippen LogP contribution in [0, 0.1) is 11.8 Å². The van der Waals surface area contributed by atoms with E-state index in [1.54, 1.807) is 0 Å². The fourth-order valence-electron chi connectivity index (χ4n) is 3.80. The number of hydrogen-bond donors (Lipinski definition) is 3. The van der Waals surface area contributed by atoms with Gasteiger partial charge in [-0.15, -0.1) is 10.2 Å². The molecule has 0 saturated carbocycles. The van der Waals surface area contributed by atoms with E-state index < -0.39 is 0 Å². The molecule has 1 aromatic heterocycles. The number of carbonyl (C=O) groups excluding carboxylic acids is 2. The summed E-state index contributed by atoms with van der Waals surface area (Å²) in [4.78, 5) is 26.8. The average Bonchev–Trinajstić information content (AvgIpc) is 3.20. The molecule has 9 nitrogen and oxygen atoms in total. The van der Waals surface area contributed by atoms with Gasteiger partial charge < -0.3 is 15.5 Å². The first-order chi connectivity index (χ1) is 12.7. The first kappa shape index (κ1) is 18.8. The fourth-order valence-corrected chi connectivity index (χ4v) is 3.80. The molecule has 2 fully saturated rings. The first-order valence-electron chi connectivity index (χ1n) is 9.71. The molecule has 1 aromatic rings. The Hall–Kier alpha value is -2.03. The number of rotatable bonds is 7.